The molecule has 0 bridgehead atoms. The lowest BCUT2D eigenvalue weighted by Crippen LogP contribution is -2.16. The van der Waals surface area contributed by atoms with Gasteiger partial charge in [-0.15, -0.1) is 0 Å². The molecule has 276 valence electrons. The van der Waals surface area contributed by atoms with Crippen LogP contribution in [0.3, 0.4) is 0 Å². The average Bonchev–Trinajstić information content (AvgIpc) is 3.54. The van der Waals surface area contributed by atoms with E-state index in [0.29, 0.717) is 0 Å². The Kier molecular flexibility index (Phi) is 8.92. The summed E-state index contributed by atoms with van der Waals surface area (Å²) in [5.41, 5.74) is 20.4. The largest absolute Gasteiger partial charge is 0.309 e. The molecule has 1 aliphatic rings. The molecule has 9 aromatic carbocycles. The predicted molar refractivity (Wildman–Crippen MR) is 246 cm³/mol. The zero-order valence-corrected chi connectivity index (χ0v) is 32.8. The summed E-state index contributed by atoms with van der Waals surface area (Å²) in [6, 6.07) is 81.9. The van der Waals surface area contributed by atoms with E-state index in [1.54, 1.807) is 0 Å². The van der Waals surface area contributed by atoms with Crippen molar-refractivity contribution in [3.63, 3.8) is 0 Å². The number of hydrogen-bond acceptors (Lipinski definition) is 1. The molecular formula is C57H43N. The van der Waals surface area contributed by atoms with Gasteiger partial charge in [-0.1, -0.05) is 214 Å². The minimum atomic E-state index is -0.143. The van der Waals surface area contributed by atoms with Crippen LogP contribution in [0.15, 0.2) is 224 Å². The van der Waals surface area contributed by atoms with Gasteiger partial charge in [0.2, 0.25) is 0 Å². The van der Waals surface area contributed by atoms with Crippen molar-refractivity contribution in [3.8, 4) is 66.8 Å². The van der Waals surface area contributed by atoms with Crippen LogP contribution in [0, 0.1) is 0 Å². The van der Waals surface area contributed by atoms with Crippen LogP contribution in [-0.2, 0) is 5.41 Å². The minimum absolute atomic E-state index is 0.143. The maximum atomic E-state index is 2.52. The van der Waals surface area contributed by atoms with Crippen molar-refractivity contribution in [1.29, 1.82) is 0 Å². The van der Waals surface area contributed by atoms with Gasteiger partial charge in [0, 0.05) is 22.2 Å². The lowest BCUT2D eigenvalue weighted by atomic mass is 9.82. The molecule has 0 amide bonds. The molecule has 0 aromatic heterocycles. The molecule has 58 heavy (non-hydrogen) atoms. The SMILES string of the molecule is CC1(C)c2ccccc2-c2c(N(c3ccc(-c4ccccc4)cc3)c3cccc(-c4ccc(-c5ccccc5)cc4)c3-c3ccccc3-c3ccccc3)cccc21. The summed E-state index contributed by atoms with van der Waals surface area (Å²) in [4.78, 5) is 2.52. The highest BCUT2D eigenvalue weighted by molar-refractivity contribution is 6.04. The molecule has 10 rings (SSSR count). The summed E-state index contributed by atoms with van der Waals surface area (Å²) < 4.78 is 0. The Hall–Kier alpha value is -7.22. The van der Waals surface area contributed by atoms with Crippen LogP contribution in [0.25, 0.3) is 66.8 Å². The van der Waals surface area contributed by atoms with E-state index in [-0.39, 0.29) is 5.41 Å². The number of nitrogens with zero attached hydrogens (tertiary/aromatic N) is 1. The van der Waals surface area contributed by atoms with Crippen LogP contribution >= 0.6 is 0 Å². The molecule has 0 saturated carbocycles. The van der Waals surface area contributed by atoms with Crippen molar-refractivity contribution in [2.75, 3.05) is 4.90 Å². The fraction of sp³-hybridized carbons (Fsp3) is 0.0526. The van der Waals surface area contributed by atoms with E-state index in [1.807, 2.05) is 0 Å². The highest BCUT2D eigenvalue weighted by atomic mass is 15.1. The lowest BCUT2D eigenvalue weighted by Gasteiger charge is -2.32. The number of hydrogen-bond donors (Lipinski definition) is 0. The third kappa shape index (κ3) is 6.13. The first kappa shape index (κ1) is 35.2. The van der Waals surface area contributed by atoms with Gasteiger partial charge in [-0.2, -0.15) is 0 Å². The normalized spacial score (nSPS) is 12.4. The summed E-state index contributed by atoms with van der Waals surface area (Å²) in [7, 11) is 0. The van der Waals surface area contributed by atoms with Gasteiger partial charge in [-0.3, -0.25) is 0 Å². The van der Waals surface area contributed by atoms with Gasteiger partial charge in [-0.25, -0.2) is 0 Å². The molecule has 9 aromatic rings. The Morgan fingerprint density at radius 3 is 1.29 bits per heavy atom. The van der Waals surface area contributed by atoms with Crippen molar-refractivity contribution < 1.29 is 0 Å². The zero-order chi connectivity index (χ0) is 39.1. The second-order valence-corrected chi connectivity index (χ2v) is 15.7. The Bertz CT molecular complexity index is 2870. The number of anilines is 3. The van der Waals surface area contributed by atoms with Crippen LogP contribution in [0.5, 0.6) is 0 Å². The molecule has 0 atom stereocenters. The van der Waals surface area contributed by atoms with Crippen molar-refractivity contribution in [3.05, 3.63) is 236 Å². The molecular weight excluding hydrogens is 699 g/mol. The average molecular weight is 742 g/mol. The minimum Gasteiger partial charge on any atom is -0.309 e. The van der Waals surface area contributed by atoms with Crippen molar-refractivity contribution in [2.45, 2.75) is 19.3 Å². The first-order valence-corrected chi connectivity index (χ1v) is 20.2. The first-order valence-electron chi connectivity index (χ1n) is 20.2. The smallest absolute Gasteiger partial charge is 0.0546 e. The highest BCUT2D eigenvalue weighted by Crippen LogP contribution is 2.56. The summed E-state index contributed by atoms with van der Waals surface area (Å²) in [5, 5.41) is 0. The Morgan fingerprint density at radius 1 is 0.276 bits per heavy atom. The lowest BCUT2D eigenvalue weighted by molar-refractivity contribution is 0.660. The van der Waals surface area contributed by atoms with Gasteiger partial charge in [0.25, 0.3) is 0 Å². The molecule has 0 aliphatic heterocycles. The van der Waals surface area contributed by atoms with Gasteiger partial charge in [0.05, 0.1) is 11.4 Å². The Labute approximate surface area is 342 Å². The molecule has 0 unspecified atom stereocenters. The Morgan fingerprint density at radius 2 is 0.672 bits per heavy atom. The maximum absolute atomic E-state index is 2.52. The molecule has 0 fully saturated rings. The van der Waals surface area contributed by atoms with Crippen molar-refractivity contribution >= 4 is 17.1 Å². The van der Waals surface area contributed by atoms with Crippen LogP contribution in [0.2, 0.25) is 0 Å². The third-order valence-corrected chi connectivity index (χ3v) is 11.9. The van der Waals surface area contributed by atoms with Gasteiger partial charge in [-0.05, 0) is 91.0 Å². The van der Waals surface area contributed by atoms with Gasteiger partial charge >= 0.3 is 0 Å². The van der Waals surface area contributed by atoms with E-state index in [4.69, 9.17) is 0 Å². The maximum Gasteiger partial charge on any atom is 0.0546 e. The van der Waals surface area contributed by atoms with E-state index < -0.39 is 0 Å². The van der Waals surface area contributed by atoms with Crippen molar-refractivity contribution in [1.82, 2.24) is 0 Å². The number of fused-ring (bicyclic) bond motifs is 3. The van der Waals surface area contributed by atoms with E-state index >= 15 is 0 Å². The standard InChI is InChI=1S/C57H43N/c1-57(2)51-28-15-14-26-50(51)56-52(57)29-17-31-54(56)58(46-38-36-43(37-39-46)41-20-8-4-9-21-41)53-30-16-27-48(45-34-32-42(33-35-45)40-18-6-3-7-19-40)55(53)49-25-13-12-24-47(49)44-22-10-5-11-23-44/h3-39H,1-2H3. The molecule has 0 heterocycles. The molecule has 1 aliphatic carbocycles. The topological polar surface area (TPSA) is 3.24 Å². The fourth-order valence-corrected chi connectivity index (χ4v) is 9.06. The number of benzene rings is 9. The summed E-state index contributed by atoms with van der Waals surface area (Å²) in [5.74, 6) is 0. The molecule has 0 radical (unpaired) electrons. The number of rotatable bonds is 8. The molecule has 0 saturated heterocycles. The molecule has 1 nitrogen and oxygen atoms in total. The van der Waals surface area contributed by atoms with Crippen molar-refractivity contribution in [2.24, 2.45) is 0 Å². The quantitative estimate of drug-likeness (QED) is 0.150. The van der Waals surface area contributed by atoms with Crippen LogP contribution in [0.1, 0.15) is 25.0 Å². The summed E-state index contributed by atoms with van der Waals surface area (Å²) >= 11 is 0. The van der Waals surface area contributed by atoms with Gasteiger partial charge in [0.15, 0.2) is 0 Å². The van der Waals surface area contributed by atoms with E-state index in [2.05, 4.69) is 243 Å². The highest BCUT2D eigenvalue weighted by Gasteiger charge is 2.38. The van der Waals surface area contributed by atoms with Gasteiger partial charge < -0.3 is 4.90 Å². The zero-order valence-electron chi connectivity index (χ0n) is 32.8. The van der Waals surface area contributed by atoms with Gasteiger partial charge in [0.1, 0.15) is 0 Å². The van der Waals surface area contributed by atoms with E-state index in [1.165, 1.54) is 77.9 Å². The molecule has 1 heteroatoms. The van der Waals surface area contributed by atoms with Crippen LogP contribution in [0.4, 0.5) is 17.1 Å². The van der Waals surface area contributed by atoms with E-state index in [9.17, 15) is 0 Å². The van der Waals surface area contributed by atoms with E-state index in [0.717, 1.165) is 17.1 Å². The van der Waals surface area contributed by atoms with Crippen LogP contribution in [-0.4, -0.2) is 0 Å². The van der Waals surface area contributed by atoms with Crippen LogP contribution < -0.4 is 4.90 Å². The second-order valence-electron chi connectivity index (χ2n) is 15.7. The second kappa shape index (κ2) is 14.7. The monoisotopic (exact) mass is 741 g/mol. The molecule has 0 spiro atoms. The third-order valence-electron chi connectivity index (χ3n) is 11.9. The summed E-state index contributed by atoms with van der Waals surface area (Å²) in [6.45, 7) is 4.73. The first-order chi connectivity index (χ1) is 28.6. The Balaban J connectivity index is 1.26. The summed E-state index contributed by atoms with van der Waals surface area (Å²) in [6.07, 6.45) is 0. The predicted octanol–water partition coefficient (Wildman–Crippen LogP) is 15.8. The fourth-order valence-electron chi connectivity index (χ4n) is 9.06. The molecule has 0 N–H and O–H groups in total.